The van der Waals surface area contributed by atoms with Crippen LogP contribution in [0.3, 0.4) is 0 Å². The van der Waals surface area contributed by atoms with Crippen LogP contribution in [0.4, 0.5) is 0 Å². The van der Waals surface area contributed by atoms with Crippen LogP contribution in [0.5, 0.6) is 0 Å². The summed E-state index contributed by atoms with van der Waals surface area (Å²) in [6, 6.07) is 9.31. The lowest BCUT2D eigenvalue weighted by atomic mass is 9.98. The van der Waals surface area contributed by atoms with Crippen LogP contribution in [-0.2, 0) is 14.2 Å². The fourth-order valence-corrected chi connectivity index (χ4v) is 2.37. The summed E-state index contributed by atoms with van der Waals surface area (Å²) in [7, 11) is 0. The molecule has 104 valence electrons. The molecule has 3 N–H and O–H groups in total. The standard InChI is InChI=1S/C13H16O6/c14-9-10(15)12(16)18-8-6-17-13(19-11(8)9)7-4-2-1-3-5-7/h1-5,8-16H,6H2. The van der Waals surface area contributed by atoms with Crippen LogP contribution >= 0.6 is 0 Å². The van der Waals surface area contributed by atoms with Crippen LogP contribution in [0.2, 0.25) is 0 Å². The minimum atomic E-state index is -1.42. The summed E-state index contributed by atoms with van der Waals surface area (Å²) in [6.07, 6.45) is -5.93. The van der Waals surface area contributed by atoms with Crippen LogP contribution in [0.15, 0.2) is 30.3 Å². The average Bonchev–Trinajstić information content (AvgIpc) is 2.46. The van der Waals surface area contributed by atoms with Gasteiger partial charge in [0.15, 0.2) is 12.6 Å². The molecule has 3 rings (SSSR count). The van der Waals surface area contributed by atoms with Gasteiger partial charge in [0, 0.05) is 5.56 Å². The second-order valence-corrected chi connectivity index (χ2v) is 4.72. The van der Waals surface area contributed by atoms with Crippen LogP contribution in [-0.4, -0.2) is 52.6 Å². The highest BCUT2D eigenvalue weighted by Gasteiger charge is 2.48. The van der Waals surface area contributed by atoms with E-state index >= 15 is 0 Å². The van der Waals surface area contributed by atoms with Crippen molar-refractivity contribution in [1.29, 1.82) is 0 Å². The number of ether oxygens (including phenoxy) is 3. The minimum absolute atomic E-state index is 0.186. The van der Waals surface area contributed by atoms with Crippen molar-refractivity contribution >= 4 is 0 Å². The molecule has 0 aliphatic carbocycles. The lowest BCUT2D eigenvalue weighted by Crippen LogP contribution is -2.61. The van der Waals surface area contributed by atoms with Crippen molar-refractivity contribution in [3.8, 4) is 0 Å². The molecule has 2 saturated heterocycles. The lowest BCUT2D eigenvalue weighted by Gasteiger charge is -2.45. The summed E-state index contributed by atoms with van der Waals surface area (Å²) in [5.41, 5.74) is 0.828. The molecule has 2 aliphatic rings. The minimum Gasteiger partial charge on any atom is -0.387 e. The predicted molar refractivity (Wildman–Crippen MR) is 62.9 cm³/mol. The number of benzene rings is 1. The molecule has 6 atom stereocenters. The number of aliphatic hydroxyl groups is 3. The van der Waals surface area contributed by atoms with Crippen LogP contribution < -0.4 is 0 Å². The van der Waals surface area contributed by atoms with E-state index < -0.39 is 37.0 Å². The number of rotatable bonds is 1. The molecule has 0 spiro atoms. The van der Waals surface area contributed by atoms with E-state index in [2.05, 4.69) is 0 Å². The third-order valence-corrected chi connectivity index (χ3v) is 3.42. The fraction of sp³-hybridized carbons (Fsp3) is 0.538. The monoisotopic (exact) mass is 268 g/mol. The van der Waals surface area contributed by atoms with Crippen molar-refractivity contribution in [3.05, 3.63) is 35.9 Å². The van der Waals surface area contributed by atoms with Crippen molar-refractivity contribution in [2.24, 2.45) is 0 Å². The van der Waals surface area contributed by atoms with E-state index in [1.54, 1.807) is 0 Å². The Morgan fingerprint density at radius 1 is 0.947 bits per heavy atom. The average molecular weight is 268 g/mol. The highest BCUT2D eigenvalue weighted by Crippen LogP contribution is 2.33. The molecule has 0 bridgehead atoms. The van der Waals surface area contributed by atoms with Crippen LogP contribution in [0, 0.1) is 0 Å². The van der Waals surface area contributed by atoms with Gasteiger partial charge in [0.2, 0.25) is 0 Å². The van der Waals surface area contributed by atoms with Gasteiger partial charge in [-0.05, 0) is 0 Å². The van der Waals surface area contributed by atoms with E-state index in [9.17, 15) is 15.3 Å². The van der Waals surface area contributed by atoms with Gasteiger partial charge in [-0.3, -0.25) is 0 Å². The van der Waals surface area contributed by atoms with Crippen molar-refractivity contribution in [2.45, 2.75) is 37.0 Å². The summed E-state index contributed by atoms with van der Waals surface area (Å²) in [5, 5.41) is 29.0. The Morgan fingerprint density at radius 3 is 2.42 bits per heavy atom. The smallest absolute Gasteiger partial charge is 0.184 e. The maximum Gasteiger partial charge on any atom is 0.184 e. The van der Waals surface area contributed by atoms with Gasteiger partial charge in [0.25, 0.3) is 0 Å². The van der Waals surface area contributed by atoms with Crippen molar-refractivity contribution in [3.63, 3.8) is 0 Å². The Hall–Kier alpha value is -1.02. The van der Waals surface area contributed by atoms with E-state index in [-0.39, 0.29) is 6.61 Å². The Labute approximate surface area is 110 Å². The number of hydrogen-bond acceptors (Lipinski definition) is 6. The van der Waals surface area contributed by atoms with Crippen molar-refractivity contribution < 1.29 is 29.5 Å². The molecular formula is C13H16O6. The normalized spacial score (nSPS) is 42.7. The molecule has 1 aromatic rings. The van der Waals surface area contributed by atoms with Crippen LogP contribution in [0.1, 0.15) is 11.9 Å². The second-order valence-electron chi connectivity index (χ2n) is 4.72. The molecule has 2 fully saturated rings. The third kappa shape index (κ3) is 2.38. The second kappa shape index (κ2) is 5.16. The molecule has 0 aromatic heterocycles. The zero-order valence-electron chi connectivity index (χ0n) is 10.1. The van der Waals surface area contributed by atoms with E-state index in [0.29, 0.717) is 0 Å². The topological polar surface area (TPSA) is 88.4 Å². The summed E-state index contributed by atoms with van der Waals surface area (Å²) in [4.78, 5) is 0. The highest BCUT2D eigenvalue weighted by molar-refractivity contribution is 5.16. The molecule has 1 aromatic carbocycles. The number of aliphatic hydroxyl groups excluding tert-OH is 3. The first-order chi connectivity index (χ1) is 9.16. The Balaban J connectivity index is 1.75. The van der Waals surface area contributed by atoms with E-state index in [4.69, 9.17) is 14.2 Å². The third-order valence-electron chi connectivity index (χ3n) is 3.42. The first-order valence-corrected chi connectivity index (χ1v) is 6.18. The van der Waals surface area contributed by atoms with E-state index in [1.807, 2.05) is 30.3 Å². The van der Waals surface area contributed by atoms with Gasteiger partial charge in [-0.15, -0.1) is 0 Å². The molecule has 6 nitrogen and oxygen atoms in total. The Kier molecular flexibility index (Phi) is 3.53. The van der Waals surface area contributed by atoms with E-state index in [0.717, 1.165) is 5.56 Å². The number of fused-ring (bicyclic) bond motifs is 1. The molecule has 2 aliphatic heterocycles. The van der Waals surface area contributed by atoms with Gasteiger partial charge >= 0.3 is 0 Å². The maximum absolute atomic E-state index is 9.94. The first-order valence-electron chi connectivity index (χ1n) is 6.18. The number of hydrogen-bond donors (Lipinski definition) is 3. The molecule has 19 heavy (non-hydrogen) atoms. The van der Waals surface area contributed by atoms with Crippen molar-refractivity contribution in [1.82, 2.24) is 0 Å². The zero-order chi connectivity index (χ0) is 13.4. The molecule has 0 amide bonds. The summed E-state index contributed by atoms with van der Waals surface area (Å²) < 4.78 is 16.3. The molecular weight excluding hydrogens is 252 g/mol. The molecule has 2 heterocycles. The van der Waals surface area contributed by atoms with Gasteiger partial charge in [-0.1, -0.05) is 30.3 Å². The van der Waals surface area contributed by atoms with Gasteiger partial charge in [-0.25, -0.2) is 0 Å². The first kappa shape index (κ1) is 13.0. The Morgan fingerprint density at radius 2 is 1.68 bits per heavy atom. The van der Waals surface area contributed by atoms with Gasteiger partial charge in [0.1, 0.15) is 24.4 Å². The molecule has 6 unspecified atom stereocenters. The van der Waals surface area contributed by atoms with Gasteiger partial charge in [-0.2, -0.15) is 0 Å². The van der Waals surface area contributed by atoms with Crippen LogP contribution in [0.25, 0.3) is 0 Å². The SMILES string of the molecule is OC1OC2COC(c3ccccc3)OC2C(O)C1O. The highest BCUT2D eigenvalue weighted by atomic mass is 16.7. The fourth-order valence-electron chi connectivity index (χ4n) is 2.37. The summed E-state index contributed by atoms with van der Waals surface area (Å²) in [6.45, 7) is 0.186. The molecule has 6 heteroatoms. The predicted octanol–water partition coefficient (Wildman–Crippen LogP) is -0.460. The van der Waals surface area contributed by atoms with Crippen molar-refractivity contribution in [2.75, 3.05) is 6.61 Å². The van der Waals surface area contributed by atoms with E-state index in [1.165, 1.54) is 0 Å². The summed E-state index contributed by atoms with van der Waals surface area (Å²) >= 11 is 0. The zero-order valence-corrected chi connectivity index (χ0v) is 10.1. The lowest BCUT2D eigenvalue weighted by molar-refractivity contribution is -0.354. The molecule has 0 radical (unpaired) electrons. The van der Waals surface area contributed by atoms with Gasteiger partial charge in [0.05, 0.1) is 6.61 Å². The Bertz CT molecular complexity index is 422. The van der Waals surface area contributed by atoms with Gasteiger partial charge < -0.3 is 29.5 Å². The largest absolute Gasteiger partial charge is 0.387 e. The quantitative estimate of drug-likeness (QED) is 0.639. The maximum atomic E-state index is 9.94. The molecule has 0 saturated carbocycles. The summed E-state index contributed by atoms with van der Waals surface area (Å²) in [5.74, 6) is 0.